The van der Waals surface area contributed by atoms with Crippen LogP contribution < -0.4 is 5.32 Å². The molecule has 182 valence electrons. The maximum absolute atomic E-state index is 12.9. The van der Waals surface area contributed by atoms with Crippen LogP contribution in [0.4, 0.5) is 4.79 Å². The number of hydrogen-bond donors (Lipinski definition) is 2. The van der Waals surface area contributed by atoms with E-state index >= 15 is 0 Å². The molecular formula is C27H34N2O5. The first kappa shape index (κ1) is 25.3. The van der Waals surface area contributed by atoms with Gasteiger partial charge in [-0.25, -0.2) is 4.79 Å². The Bertz CT molecular complexity index is 990. The van der Waals surface area contributed by atoms with Gasteiger partial charge in [-0.2, -0.15) is 0 Å². The smallest absolute Gasteiger partial charge is 0.407 e. The van der Waals surface area contributed by atoms with Crippen LogP contribution in [0.2, 0.25) is 0 Å². The number of rotatable bonds is 10. The second-order valence-electron chi connectivity index (χ2n) is 9.20. The minimum absolute atomic E-state index is 0.0134. The van der Waals surface area contributed by atoms with Crippen LogP contribution in [0, 0.1) is 5.92 Å². The molecule has 1 aliphatic carbocycles. The van der Waals surface area contributed by atoms with Crippen LogP contribution in [-0.2, 0) is 14.3 Å². The Kier molecular flexibility index (Phi) is 8.31. The van der Waals surface area contributed by atoms with Gasteiger partial charge in [-0.05, 0) is 41.5 Å². The quantitative estimate of drug-likeness (QED) is 0.531. The number of amides is 2. The first-order chi connectivity index (χ1) is 16.2. The highest BCUT2D eigenvalue weighted by molar-refractivity contribution is 5.83. The molecule has 0 spiro atoms. The van der Waals surface area contributed by atoms with Gasteiger partial charge in [0.1, 0.15) is 13.2 Å². The minimum atomic E-state index is -1.06. The number of aliphatic carboxylic acids is 1. The van der Waals surface area contributed by atoms with Crippen LogP contribution in [0.15, 0.2) is 48.5 Å². The van der Waals surface area contributed by atoms with Crippen molar-refractivity contribution < 1.29 is 24.2 Å². The zero-order valence-corrected chi connectivity index (χ0v) is 20.3. The summed E-state index contributed by atoms with van der Waals surface area (Å²) < 4.78 is 5.63. The molecule has 0 radical (unpaired) electrons. The van der Waals surface area contributed by atoms with Gasteiger partial charge in [0.05, 0.1) is 0 Å². The van der Waals surface area contributed by atoms with Gasteiger partial charge in [-0.15, -0.1) is 0 Å². The van der Waals surface area contributed by atoms with Crippen LogP contribution in [0.5, 0.6) is 0 Å². The molecule has 7 heteroatoms. The summed E-state index contributed by atoms with van der Waals surface area (Å²) in [5, 5.41) is 12.0. The number of carbonyl (C=O) groups is 3. The molecule has 1 aliphatic rings. The Morgan fingerprint density at radius 1 is 1.00 bits per heavy atom. The first-order valence-corrected chi connectivity index (χ1v) is 11.9. The van der Waals surface area contributed by atoms with Crippen molar-refractivity contribution in [3.05, 3.63) is 59.7 Å². The molecule has 2 amide bonds. The third kappa shape index (κ3) is 5.76. The molecular weight excluding hydrogens is 432 g/mol. The molecule has 0 fully saturated rings. The van der Waals surface area contributed by atoms with Crippen molar-refractivity contribution in [2.75, 3.05) is 13.2 Å². The molecule has 2 N–H and O–H groups in total. The van der Waals surface area contributed by atoms with E-state index in [2.05, 4.69) is 29.6 Å². The SMILES string of the molecule is CCC(C)N(CC(=O)O)C(=O)C[C@H](NC(=O)OCC1c2ccccc2-c2ccccc21)C(C)C. The lowest BCUT2D eigenvalue weighted by atomic mass is 9.98. The molecule has 2 aromatic carbocycles. The second kappa shape index (κ2) is 11.2. The van der Waals surface area contributed by atoms with Crippen molar-refractivity contribution in [1.82, 2.24) is 10.2 Å². The largest absolute Gasteiger partial charge is 0.480 e. The molecule has 2 aromatic rings. The standard InChI is InChI=1S/C27H34N2O5/c1-5-18(4)29(15-26(31)32)25(30)14-24(17(2)3)28-27(33)34-16-23-21-12-8-6-10-19(21)20-11-7-9-13-22(20)23/h6-13,17-18,23-24H,5,14-16H2,1-4H3,(H,28,33)(H,31,32)/t18?,24-/m0/s1. The van der Waals surface area contributed by atoms with Gasteiger partial charge in [0.15, 0.2) is 0 Å². The number of carboxylic acid groups (broad SMARTS) is 1. The molecule has 0 saturated heterocycles. The summed E-state index contributed by atoms with van der Waals surface area (Å²) in [6.07, 6.45) is 0.0756. The van der Waals surface area contributed by atoms with Gasteiger partial charge in [-0.3, -0.25) is 9.59 Å². The summed E-state index contributed by atoms with van der Waals surface area (Å²) in [5.74, 6) is -1.43. The minimum Gasteiger partial charge on any atom is -0.480 e. The number of hydrogen-bond acceptors (Lipinski definition) is 4. The molecule has 0 aromatic heterocycles. The van der Waals surface area contributed by atoms with Crippen LogP contribution in [0.3, 0.4) is 0 Å². The highest BCUT2D eigenvalue weighted by Gasteiger charge is 2.30. The number of benzene rings is 2. The monoisotopic (exact) mass is 466 g/mol. The summed E-state index contributed by atoms with van der Waals surface area (Å²) in [4.78, 5) is 38.2. The Balaban J connectivity index is 1.65. The van der Waals surface area contributed by atoms with E-state index in [0.29, 0.717) is 6.42 Å². The van der Waals surface area contributed by atoms with Crippen LogP contribution in [0.1, 0.15) is 57.6 Å². The van der Waals surface area contributed by atoms with E-state index in [1.165, 1.54) is 4.90 Å². The molecule has 0 bridgehead atoms. The van der Waals surface area contributed by atoms with Crippen molar-refractivity contribution in [3.8, 4) is 11.1 Å². The lowest BCUT2D eigenvalue weighted by molar-refractivity contribution is -0.146. The van der Waals surface area contributed by atoms with Gasteiger partial charge in [-0.1, -0.05) is 69.3 Å². The molecule has 0 heterocycles. The topological polar surface area (TPSA) is 95.9 Å². The highest BCUT2D eigenvalue weighted by Crippen LogP contribution is 2.44. The molecule has 34 heavy (non-hydrogen) atoms. The van der Waals surface area contributed by atoms with E-state index in [0.717, 1.165) is 22.3 Å². The lowest BCUT2D eigenvalue weighted by Crippen LogP contribution is -2.47. The molecule has 7 nitrogen and oxygen atoms in total. The maximum Gasteiger partial charge on any atom is 0.407 e. The fourth-order valence-corrected chi connectivity index (χ4v) is 4.41. The molecule has 1 unspecified atom stereocenters. The van der Waals surface area contributed by atoms with Gasteiger partial charge in [0.25, 0.3) is 0 Å². The number of carbonyl (C=O) groups excluding carboxylic acids is 2. The Morgan fingerprint density at radius 3 is 2.06 bits per heavy atom. The van der Waals surface area contributed by atoms with E-state index in [1.807, 2.05) is 52.0 Å². The third-order valence-electron chi connectivity index (χ3n) is 6.60. The predicted molar refractivity (Wildman–Crippen MR) is 131 cm³/mol. The summed E-state index contributed by atoms with van der Waals surface area (Å²) in [6.45, 7) is 7.38. The molecule has 2 atom stereocenters. The van der Waals surface area contributed by atoms with E-state index in [-0.39, 0.29) is 43.4 Å². The van der Waals surface area contributed by atoms with Crippen molar-refractivity contribution in [2.24, 2.45) is 5.92 Å². The third-order valence-corrected chi connectivity index (χ3v) is 6.60. The summed E-state index contributed by atoms with van der Waals surface area (Å²) in [6, 6.07) is 15.6. The number of fused-ring (bicyclic) bond motifs is 3. The van der Waals surface area contributed by atoms with Crippen LogP contribution in [0.25, 0.3) is 11.1 Å². The second-order valence-corrected chi connectivity index (χ2v) is 9.20. The average Bonchev–Trinajstić information content (AvgIpc) is 3.13. The maximum atomic E-state index is 12.9. The van der Waals surface area contributed by atoms with Gasteiger partial charge in [0, 0.05) is 24.4 Å². The first-order valence-electron chi connectivity index (χ1n) is 11.9. The summed E-state index contributed by atoms with van der Waals surface area (Å²) in [7, 11) is 0. The Morgan fingerprint density at radius 2 is 1.56 bits per heavy atom. The van der Waals surface area contributed by atoms with Crippen molar-refractivity contribution in [2.45, 2.75) is 58.5 Å². The number of nitrogens with zero attached hydrogens (tertiary/aromatic N) is 1. The Hall–Kier alpha value is -3.35. The summed E-state index contributed by atoms with van der Waals surface area (Å²) in [5.41, 5.74) is 4.57. The van der Waals surface area contributed by atoms with Crippen molar-refractivity contribution in [3.63, 3.8) is 0 Å². The van der Waals surface area contributed by atoms with Crippen molar-refractivity contribution in [1.29, 1.82) is 0 Å². The van der Waals surface area contributed by atoms with E-state index < -0.39 is 18.1 Å². The zero-order valence-electron chi connectivity index (χ0n) is 20.3. The fraction of sp³-hybridized carbons (Fsp3) is 0.444. The predicted octanol–water partition coefficient (Wildman–Crippen LogP) is 4.65. The molecule has 3 rings (SSSR count). The van der Waals surface area contributed by atoms with Gasteiger partial charge >= 0.3 is 12.1 Å². The normalized spacial score (nSPS) is 14.1. The zero-order chi connectivity index (χ0) is 24.8. The van der Waals surface area contributed by atoms with Gasteiger partial charge < -0.3 is 20.1 Å². The molecule has 0 aliphatic heterocycles. The van der Waals surface area contributed by atoms with E-state index in [4.69, 9.17) is 4.74 Å². The average molecular weight is 467 g/mol. The highest BCUT2D eigenvalue weighted by atomic mass is 16.5. The number of ether oxygens (including phenoxy) is 1. The lowest BCUT2D eigenvalue weighted by Gasteiger charge is -2.30. The number of alkyl carbamates (subject to hydrolysis) is 1. The number of nitrogens with one attached hydrogen (secondary N) is 1. The fourth-order valence-electron chi connectivity index (χ4n) is 4.41. The van der Waals surface area contributed by atoms with E-state index in [1.54, 1.807) is 0 Å². The van der Waals surface area contributed by atoms with Gasteiger partial charge in [0.2, 0.25) is 5.91 Å². The summed E-state index contributed by atoms with van der Waals surface area (Å²) >= 11 is 0. The van der Waals surface area contributed by atoms with E-state index in [9.17, 15) is 19.5 Å². The number of carboxylic acids is 1. The van der Waals surface area contributed by atoms with Crippen molar-refractivity contribution >= 4 is 18.0 Å². The Labute approximate surface area is 201 Å². The molecule has 0 saturated carbocycles. The van der Waals surface area contributed by atoms with Crippen LogP contribution in [-0.4, -0.2) is 53.2 Å². The van der Waals surface area contributed by atoms with Crippen LogP contribution >= 0.6 is 0 Å².